The summed E-state index contributed by atoms with van der Waals surface area (Å²) in [5, 5.41) is 2.87. The quantitative estimate of drug-likeness (QED) is 0.924. The van der Waals surface area contributed by atoms with Crippen molar-refractivity contribution in [2.75, 3.05) is 31.5 Å². The Morgan fingerprint density at radius 1 is 1.25 bits per heavy atom. The van der Waals surface area contributed by atoms with Crippen molar-refractivity contribution in [3.8, 4) is 0 Å². The highest BCUT2D eigenvalue weighted by Gasteiger charge is 2.32. The van der Waals surface area contributed by atoms with Crippen molar-refractivity contribution in [1.29, 1.82) is 0 Å². The molecule has 0 spiro atoms. The molecule has 2 aliphatic rings. The number of hydrogen-bond acceptors (Lipinski definition) is 3. The van der Waals surface area contributed by atoms with Crippen molar-refractivity contribution >= 4 is 11.7 Å². The van der Waals surface area contributed by atoms with Crippen molar-refractivity contribution < 1.29 is 13.9 Å². The van der Waals surface area contributed by atoms with Crippen LogP contribution in [0.2, 0.25) is 0 Å². The van der Waals surface area contributed by atoms with E-state index in [-0.39, 0.29) is 30.1 Å². The molecule has 0 saturated carbocycles. The molecule has 1 N–H and O–H groups in total. The highest BCUT2D eigenvalue weighted by atomic mass is 19.1. The van der Waals surface area contributed by atoms with E-state index in [1.54, 1.807) is 12.1 Å². The molecule has 3 atom stereocenters. The number of nitrogens with zero attached hydrogens (tertiary/aromatic N) is 2. The minimum absolute atomic E-state index is 0.0986. The van der Waals surface area contributed by atoms with E-state index in [1.807, 2.05) is 4.90 Å². The Labute approximate surface area is 142 Å². The molecule has 3 rings (SSSR count). The highest BCUT2D eigenvalue weighted by Crippen LogP contribution is 2.22. The third-order valence-electron chi connectivity index (χ3n) is 4.70. The SMILES string of the molecule is C[C@@H]1CN(C[C@H]2CCCN2C(=O)Nc2ccc(F)cc2)C[C@@H](C)O1. The lowest BCUT2D eigenvalue weighted by atomic mass is 10.1. The molecule has 24 heavy (non-hydrogen) atoms. The fourth-order valence-electron chi connectivity index (χ4n) is 3.75. The van der Waals surface area contributed by atoms with Gasteiger partial charge in [0.1, 0.15) is 5.82 Å². The average molecular weight is 335 g/mol. The lowest BCUT2D eigenvalue weighted by Gasteiger charge is -2.38. The first-order valence-corrected chi connectivity index (χ1v) is 8.72. The first-order chi connectivity index (χ1) is 11.5. The Morgan fingerprint density at radius 2 is 1.92 bits per heavy atom. The Bertz CT molecular complexity index is 556. The molecule has 0 aromatic heterocycles. The van der Waals surface area contributed by atoms with Gasteiger partial charge in [-0.2, -0.15) is 0 Å². The van der Waals surface area contributed by atoms with Gasteiger partial charge in [-0.1, -0.05) is 0 Å². The van der Waals surface area contributed by atoms with Crippen LogP contribution in [-0.4, -0.2) is 60.3 Å². The molecule has 2 saturated heterocycles. The first kappa shape index (κ1) is 17.2. The summed E-state index contributed by atoms with van der Waals surface area (Å²) in [7, 11) is 0. The lowest BCUT2D eigenvalue weighted by Crippen LogP contribution is -2.51. The lowest BCUT2D eigenvalue weighted by molar-refractivity contribution is -0.0712. The third kappa shape index (κ3) is 4.24. The van der Waals surface area contributed by atoms with Crippen LogP contribution in [0.1, 0.15) is 26.7 Å². The van der Waals surface area contributed by atoms with Crippen LogP contribution in [0, 0.1) is 5.82 Å². The Balaban J connectivity index is 1.58. The molecule has 2 heterocycles. The van der Waals surface area contributed by atoms with Gasteiger partial charge in [-0.05, 0) is 51.0 Å². The van der Waals surface area contributed by atoms with Gasteiger partial charge >= 0.3 is 6.03 Å². The number of ether oxygens (including phenoxy) is 1. The maximum Gasteiger partial charge on any atom is 0.322 e. The van der Waals surface area contributed by atoms with E-state index >= 15 is 0 Å². The fourth-order valence-corrected chi connectivity index (χ4v) is 3.75. The van der Waals surface area contributed by atoms with Gasteiger partial charge in [0.05, 0.1) is 12.2 Å². The van der Waals surface area contributed by atoms with Gasteiger partial charge in [-0.15, -0.1) is 0 Å². The molecule has 2 amide bonds. The second-order valence-corrected chi connectivity index (χ2v) is 6.90. The number of carbonyl (C=O) groups excluding carboxylic acids is 1. The summed E-state index contributed by atoms with van der Waals surface area (Å²) in [6.07, 6.45) is 2.52. The molecule has 0 unspecified atom stereocenters. The molecule has 132 valence electrons. The van der Waals surface area contributed by atoms with Gasteiger partial charge in [0.2, 0.25) is 0 Å². The summed E-state index contributed by atoms with van der Waals surface area (Å²) in [4.78, 5) is 16.9. The zero-order valence-corrected chi connectivity index (χ0v) is 14.4. The van der Waals surface area contributed by atoms with Crippen LogP contribution in [0.15, 0.2) is 24.3 Å². The van der Waals surface area contributed by atoms with Crippen molar-refractivity contribution in [3.63, 3.8) is 0 Å². The van der Waals surface area contributed by atoms with E-state index in [2.05, 4.69) is 24.1 Å². The van der Waals surface area contributed by atoms with E-state index in [9.17, 15) is 9.18 Å². The smallest absolute Gasteiger partial charge is 0.322 e. The van der Waals surface area contributed by atoms with Crippen molar-refractivity contribution in [1.82, 2.24) is 9.80 Å². The van der Waals surface area contributed by atoms with Gasteiger partial charge in [0.25, 0.3) is 0 Å². The minimum Gasteiger partial charge on any atom is -0.373 e. The first-order valence-electron chi connectivity index (χ1n) is 8.72. The Kier molecular flexibility index (Phi) is 5.36. The zero-order chi connectivity index (χ0) is 17.1. The largest absolute Gasteiger partial charge is 0.373 e. The van der Waals surface area contributed by atoms with Crippen LogP contribution in [0.4, 0.5) is 14.9 Å². The standard InChI is InChI=1S/C18H26FN3O2/c1-13-10-21(11-14(2)24-13)12-17-4-3-9-22(17)18(23)20-16-7-5-15(19)6-8-16/h5-8,13-14,17H,3-4,9-12H2,1-2H3,(H,20,23)/t13-,14-,17-/m1/s1. The van der Waals surface area contributed by atoms with Crippen LogP contribution < -0.4 is 5.32 Å². The second-order valence-electron chi connectivity index (χ2n) is 6.90. The summed E-state index contributed by atoms with van der Waals surface area (Å²) in [5.41, 5.74) is 0.626. The van der Waals surface area contributed by atoms with Gasteiger partial charge in [-0.3, -0.25) is 4.90 Å². The predicted molar refractivity (Wildman–Crippen MR) is 91.6 cm³/mol. The fraction of sp³-hybridized carbons (Fsp3) is 0.611. The summed E-state index contributed by atoms with van der Waals surface area (Å²) >= 11 is 0. The number of nitrogens with one attached hydrogen (secondary N) is 1. The number of urea groups is 1. The maximum atomic E-state index is 13.0. The average Bonchev–Trinajstić information content (AvgIpc) is 2.96. The monoisotopic (exact) mass is 335 g/mol. The van der Waals surface area contributed by atoms with E-state index < -0.39 is 0 Å². The molecule has 2 fully saturated rings. The summed E-state index contributed by atoms with van der Waals surface area (Å²) in [5.74, 6) is -0.303. The van der Waals surface area contributed by atoms with E-state index in [0.717, 1.165) is 39.0 Å². The number of benzene rings is 1. The topological polar surface area (TPSA) is 44.8 Å². The molecule has 0 aliphatic carbocycles. The van der Waals surface area contributed by atoms with Crippen LogP contribution in [0.3, 0.4) is 0 Å². The minimum atomic E-state index is -0.303. The number of rotatable bonds is 3. The van der Waals surface area contributed by atoms with Crippen LogP contribution in [-0.2, 0) is 4.74 Å². The normalized spacial score (nSPS) is 28.1. The molecule has 6 heteroatoms. The number of anilines is 1. The second kappa shape index (κ2) is 7.49. The maximum absolute atomic E-state index is 13.0. The number of hydrogen-bond donors (Lipinski definition) is 1. The van der Waals surface area contributed by atoms with Gasteiger partial charge in [0, 0.05) is 37.9 Å². The van der Waals surface area contributed by atoms with E-state index in [1.165, 1.54) is 12.1 Å². The molecule has 1 aromatic rings. The Morgan fingerprint density at radius 3 is 2.58 bits per heavy atom. The van der Waals surface area contributed by atoms with Crippen LogP contribution >= 0.6 is 0 Å². The molecule has 2 aliphatic heterocycles. The van der Waals surface area contributed by atoms with Gasteiger partial charge in [-0.25, -0.2) is 9.18 Å². The number of morpholine rings is 1. The predicted octanol–water partition coefficient (Wildman–Crippen LogP) is 2.93. The number of halogens is 1. The van der Waals surface area contributed by atoms with Crippen LogP contribution in [0.25, 0.3) is 0 Å². The summed E-state index contributed by atoms with van der Waals surface area (Å²) in [6, 6.07) is 6.01. The van der Waals surface area contributed by atoms with Gasteiger partial charge < -0.3 is 15.0 Å². The van der Waals surface area contributed by atoms with E-state index in [4.69, 9.17) is 4.74 Å². The van der Waals surface area contributed by atoms with Gasteiger partial charge in [0.15, 0.2) is 0 Å². The van der Waals surface area contributed by atoms with Crippen molar-refractivity contribution in [3.05, 3.63) is 30.1 Å². The van der Waals surface area contributed by atoms with E-state index in [0.29, 0.717) is 5.69 Å². The van der Waals surface area contributed by atoms with Crippen molar-refractivity contribution in [2.24, 2.45) is 0 Å². The molecule has 0 radical (unpaired) electrons. The third-order valence-corrected chi connectivity index (χ3v) is 4.70. The van der Waals surface area contributed by atoms with Crippen molar-refractivity contribution in [2.45, 2.75) is 44.9 Å². The molecule has 1 aromatic carbocycles. The number of amides is 2. The molecular formula is C18H26FN3O2. The highest BCUT2D eigenvalue weighted by molar-refractivity contribution is 5.89. The summed E-state index contributed by atoms with van der Waals surface area (Å²) < 4.78 is 18.8. The summed E-state index contributed by atoms with van der Waals surface area (Å²) in [6.45, 7) is 7.66. The zero-order valence-electron chi connectivity index (χ0n) is 14.4. The van der Waals surface area contributed by atoms with Crippen LogP contribution in [0.5, 0.6) is 0 Å². The number of carbonyl (C=O) groups is 1. The Hall–Kier alpha value is -1.66. The molecular weight excluding hydrogens is 309 g/mol. The number of likely N-dealkylation sites (tertiary alicyclic amines) is 1. The molecule has 5 nitrogen and oxygen atoms in total. The molecule has 0 bridgehead atoms.